The molecule has 23 heavy (non-hydrogen) atoms. The normalized spacial score (nSPS) is 14.3. The zero-order valence-corrected chi connectivity index (χ0v) is 14.6. The highest BCUT2D eigenvalue weighted by Crippen LogP contribution is 2.30. The predicted octanol–water partition coefficient (Wildman–Crippen LogP) is 4.02. The molecule has 0 spiro atoms. The standard InChI is InChI=1S/C17H22F2N2OS/c1-5-16-20-10(2)17(23-16)11(3)21(4)9-15(22)12-6-7-13(18)14(19)8-12/h6-8,11,15,22H,5,9H2,1-4H3. The molecule has 2 rings (SSSR count). The number of aliphatic hydroxyl groups is 1. The molecule has 3 nitrogen and oxygen atoms in total. The lowest BCUT2D eigenvalue weighted by atomic mass is 10.1. The monoisotopic (exact) mass is 340 g/mol. The van der Waals surface area contributed by atoms with Gasteiger partial charge in [-0.05, 0) is 45.0 Å². The Labute approximate surface area is 139 Å². The largest absolute Gasteiger partial charge is 0.387 e. The summed E-state index contributed by atoms with van der Waals surface area (Å²) in [4.78, 5) is 7.69. The van der Waals surface area contributed by atoms with E-state index in [0.29, 0.717) is 12.1 Å². The van der Waals surface area contributed by atoms with E-state index in [1.807, 2.05) is 18.9 Å². The van der Waals surface area contributed by atoms with Crippen molar-refractivity contribution in [2.24, 2.45) is 0 Å². The first kappa shape index (κ1) is 18.0. The predicted molar refractivity (Wildman–Crippen MR) is 88.6 cm³/mol. The van der Waals surface area contributed by atoms with Crippen LogP contribution in [0, 0.1) is 18.6 Å². The fourth-order valence-corrected chi connectivity index (χ4v) is 3.59. The van der Waals surface area contributed by atoms with Crippen molar-refractivity contribution in [2.75, 3.05) is 13.6 Å². The van der Waals surface area contributed by atoms with Crippen LogP contribution in [0.2, 0.25) is 0 Å². The lowest BCUT2D eigenvalue weighted by Gasteiger charge is -2.26. The zero-order chi connectivity index (χ0) is 17.1. The van der Waals surface area contributed by atoms with Gasteiger partial charge in [0.2, 0.25) is 0 Å². The molecule has 1 heterocycles. The Bertz CT molecular complexity index is 675. The molecule has 0 fully saturated rings. The van der Waals surface area contributed by atoms with Crippen LogP contribution in [0.5, 0.6) is 0 Å². The average Bonchev–Trinajstić information content (AvgIpc) is 2.90. The van der Waals surface area contributed by atoms with Crippen LogP contribution in [0.15, 0.2) is 18.2 Å². The summed E-state index contributed by atoms with van der Waals surface area (Å²) in [5.41, 5.74) is 1.38. The number of aromatic nitrogens is 1. The van der Waals surface area contributed by atoms with Gasteiger partial charge in [-0.25, -0.2) is 13.8 Å². The highest BCUT2D eigenvalue weighted by Gasteiger charge is 2.21. The number of rotatable bonds is 6. The Hall–Kier alpha value is -1.37. The average molecular weight is 340 g/mol. The van der Waals surface area contributed by atoms with Crippen LogP contribution in [0.1, 0.15) is 47.1 Å². The van der Waals surface area contributed by atoms with Crippen molar-refractivity contribution in [2.45, 2.75) is 39.3 Å². The summed E-state index contributed by atoms with van der Waals surface area (Å²) < 4.78 is 26.3. The number of hydrogen-bond donors (Lipinski definition) is 1. The second kappa shape index (κ2) is 7.47. The van der Waals surface area contributed by atoms with Gasteiger partial charge in [0.15, 0.2) is 11.6 Å². The highest BCUT2D eigenvalue weighted by molar-refractivity contribution is 7.11. The van der Waals surface area contributed by atoms with Crippen molar-refractivity contribution in [3.8, 4) is 0 Å². The van der Waals surface area contributed by atoms with Gasteiger partial charge in [-0.15, -0.1) is 11.3 Å². The Kier molecular flexibility index (Phi) is 5.84. The fourth-order valence-electron chi connectivity index (χ4n) is 2.46. The summed E-state index contributed by atoms with van der Waals surface area (Å²) in [6, 6.07) is 3.59. The van der Waals surface area contributed by atoms with Crippen LogP contribution < -0.4 is 0 Å². The van der Waals surface area contributed by atoms with Crippen LogP contribution in [-0.2, 0) is 6.42 Å². The highest BCUT2D eigenvalue weighted by atomic mass is 32.1. The van der Waals surface area contributed by atoms with Gasteiger partial charge in [0.1, 0.15) is 0 Å². The lowest BCUT2D eigenvalue weighted by molar-refractivity contribution is 0.109. The van der Waals surface area contributed by atoms with Crippen LogP contribution in [0.4, 0.5) is 8.78 Å². The first-order chi connectivity index (χ1) is 10.8. The summed E-state index contributed by atoms with van der Waals surface area (Å²) in [5, 5.41) is 11.4. The van der Waals surface area contributed by atoms with Gasteiger partial charge in [0.05, 0.1) is 16.8 Å². The minimum atomic E-state index is -0.942. The molecule has 2 atom stereocenters. The Morgan fingerprint density at radius 2 is 2.00 bits per heavy atom. The van der Waals surface area contributed by atoms with E-state index in [0.717, 1.165) is 29.3 Å². The minimum Gasteiger partial charge on any atom is -0.387 e. The van der Waals surface area contributed by atoms with Crippen molar-refractivity contribution in [1.82, 2.24) is 9.88 Å². The van der Waals surface area contributed by atoms with Crippen molar-refractivity contribution in [3.05, 3.63) is 51.0 Å². The van der Waals surface area contributed by atoms with Crippen LogP contribution >= 0.6 is 11.3 Å². The molecule has 0 amide bonds. The van der Waals surface area contributed by atoms with Gasteiger partial charge in [-0.2, -0.15) is 0 Å². The third-order valence-corrected chi connectivity index (χ3v) is 5.48. The zero-order valence-electron chi connectivity index (χ0n) is 13.8. The minimum absolute atomic E-state index is 0.0905. The van der Waals surface area contributed by atoms with E-state index in [2.05, 4.69) is 18.8 Å². The number of aryl methyl sites for hydroxylation is 2. The van der Waals surface area contributed by atoms with E-state index < -0.39 is 17.7 Å². The van der Waals surface area contributed by atoms with E-state index >= 15 is 0 Å². The van der Waals surface area contributed by atoms with E-state index in [9.17, 15) is 13.9 Å². The summed E-state index contributed by atoms with van der Waals surface area (Å²) in [7, 11) is 1.90. The first-order valence-corrected chi connectivity index (χ1v) is 8.44. The third kappa shape index (κ3) is 4.13. The lowest BCUT2D eigenvalue weighted by Crippen LogP contribution is -2.27. The maximum atomic E-state index is 13.3. The molecule has 1 aromatic heterocycles. The Balaban J connectivity index is 2.08. The molecule has 1 N–H and O–H groups in total. The number of aliphatic hydroxyl groups excluding tert-OH is 1. The van der Waals surface area contributed by atoms with Crippen molar-refractivity contribution in [3.63, 3.8) is 0 Å². The maximum absolute atomic E-state index is 13.3. The summed E-state index contributed by atoms with van der Waals surface area (Å²) in [6.45, 7) is 6.44. The third-order valence-electron chi connectivity index (χ3n) is 4.01. The summed E-state index contributed by atoms with van der Waals surface area (Å²) >= 11 is 1.68. The van der Waals surface area contributed by atoms with Crippen LogP contribution in [-0.4, -0.2) is 28.6 Å². The van der Waals surface area contributed by atoms with Crippen LogP contribution in [0.25, 0.3) is 0 Å². The SMILES string of the molecule is CCc1nc(C)c(C(C)N(C)CC(O)c2ccc(F)c(F)c2)s1. The molecule has 2 unspecified atom stereocenters. The molecule has 0 radical (unpaired) electrons. The number of likely N-dealkylation sites (N-methyl/N-ethyl adjacent to an activating group) is 1. The van der Waals surface area contributed by atoms with Gasteiger partial charge >= 0.3 is 0 Å². The van der Waals surface area contributed by atoms with Gasteiger partial charge < -0.3 is 5.11 Å². The molecule has 0 saturated carbocycles. The van der Waals surface area contributed by atoms with Gasteiger partial charge in [-0.1, -0.05) is 13.0 Å². The van der Waals surface area contributed by atoms with Gasteiger partial charge in [0, 0.05) is 17.5 Å². The van der Waals surface area contributed by atoms with Crippen LogP contribution in [0.3, 0.4) is 0 Å². The second-order valence-electron chi connectivity index (χ2n) is 5.72. The smallest absolute Gasteiger partial charge is 0.159 e. The van der Waals surface area contributed by atoms with Gasteiger partial charge in [-0.3, -0.25) is 4.90 Å². The van der Waals surface area contributed by atoms with Gasteiger partial charge in [0.25, 0.3) is 0 Å². The molecule has 1 aromatic carbocycles. The molecule has 2 aromatic rings. The van der Waals surface area contributed by atoms with E-state index in [1.54, 1.807) is 11.3 Å². The van der Waals surface area contributed by atoms with E-state index in [4.69, 9.17) is 0 Å². The Morgan fingerprint density at radius 1 is 1.30 bits per heavy atom. The summed E-state index contributed by atoms with van der Waals surface area (Å²) in [6.07, 6.45) is 0.0239. The summed E-state index contributed by atoms with van der Waals surface area (Å²) in [5.74, 6) is -1.85. The first-order valence-electron chi connectivity index (χ1n) is 7.62. The molecule has 126 valence electrons. The number of thiazole rings is 1. The maximum Gasteiger partial charge on any atom is 0.159 e. The van der Waals surface area contributed by atoms with Crippen molar-refractivity contribution >= 4 is 11.3 Å². The fraction of sp³-hybridized carbons (Fsp3) is 0.471. The quantitative estimate of drug-likeness (QED) is 0.863. The molecular formula is C17H22F2N2OS. The molecule has 0 aliphatic carbocycles. The number of halogens is 2. The molecule has 0 aliphatic rings. The molecular weight excluding hydrogens is 318 g/mol. The number of hydrogen-bond acceptors (Lipinski definition) is 4. The Morgan fingerprint density at radius 3 is 2.57 bits per heavy atom. The second-order valence-corrected chi connectivity index (χ2v) is 6.83. The van der Waals surface area contributed by atoms with Crippen molar-refractivity contribution < 1.29 is 13.9 Å². The topological polar surface area (TPSA) is 36.4 Å². The molecule has 0 bridgehead atoms. The molecule has 0 saturated heterocycles. The van der Waals surface area contributed by atoms with E-state index in [-0.39, 0.29) is 6.04 Å². The number of benzene rings is 1. The van der Waals surface area contributed by atoms with E-state index in [1.165, 1.54) is 10.9 Å². The molecule has 6 heteroatoms. The van der Waals surface area contributed by atoms with Crippen molar-refractivity contribution in [1.29, 1.82) is 0 Å². The molecule has 0 aliphatic heterocycles. The number of nitrogens with zero attached hydrogens (tertiary/aromatic N) is 2.